The minimum absolute atomic E-state index is 0.211. The molecule has 0 radical (unpaired) electrons. The number of nitrogens with zero attached hydrogens (tertiary/aromatic N) is 1. The van der Waals surface area contributed by atoms with Gasteiger partial charge in [0.2, 0.25) is 5.91 Å². The molecule has 0 aromatic heterocycles. The quantitative estimate of drug-likeness (QED) is 0.136. The highest BCUT2D eigenvalue weighted by Crippen LogP contribution is 2.21. The molecule has 9 nitrogen and oxygen atoms in total. The van der Waals surface area contributed by atoms with Gasteiger partial charge in [0.05, 0.1) is 12.7 Å². The fraction of sp³-hybridized carbons (Fsp3) is 0.500. The average Bonchev–Trinajstić information content (AvgIpc) is 2.89. The number of rotatable bonds is 15. The van der Waals surface area contributed by atoms with Gasteiger partial charge >= 0.3 is 0 Å². The van der Waals surface area contributed by atoms with Gasteiger partial charge in [-0.05, 0) is 54.5 Å². The maximum atomic E-state index is 12.4. The number of hydrogen-bond acceptors (Lipinski definition) is 8. The topological polar surface area (TPSA) is 160 Å². The molecule has 0 aliphatic rings. The highest BCUT2D eigenvalue weighted by atomic mass is 16.4. The Hall–Kier alpha value is -2.37. The van der Waals surface area contributed by atoms with Crippen LogP contribution in [0.4, 0.5) is 0 Å². The number of amides is 1. The SMILES string of the molecule is CN(NC[C@H](O)[C@@H](O)[C@H](O)[C@H](O)CO)C(=O)CCc1ccc(-c2ccc(CCCCN)cc2)cc1. The Morgan fingerprint density at radius 2 is 1.37 bits per heavy atom. The molecule has 0 aliphatic carbocycles. The van der Waals surface area contributed by atoms with Gasteiger partial charge in [0.15, 0.2) is 0 Å². The number of unbranched alkanes of at least 4 members (excludes halogenated alkanes) is 1. The van der Waals surface area contributed by atoms with E-state index in [4.69, 9.17) is 10.8 Å². The zero-order valence-electron chi connectivity index (χ0n) is 20.3. The predicted molar refractivity (Wildman–Crippen MR) is 134 cm³/mol. The highest BCUT2D eigenvalue weighted by molar-refractivity contribution is 5.75. The number of nitrogens with one attached hydrogen (secondary N) is 1. The smallest absolute Gasteiger partial charge is 0.236 e. The van der Waals surface area contributed by atoms with Crippen molar-refractivity contribution in [2.45, 2.75) is 56.5 Å². The van der Waals surface area contributed by atoms with Gasteiger partial charge in [0, 0.05) is 20.0 Å². The largest absolute Gasteiger partial charge is 0.394 e. The summed E-state index contributed by atoms with van der Waals surface area (Å²) in [5.41, 5.74) is 12.8. The molecule has 2 aromatic carbocycles. The zero-order chi connectivity index (χ0) is 25.8. The second-order valence-corrected chi connectivity index (χ2v) is 8.75. The second kappa shape index (κ2) is 14.9. The van der Waals surface area contributed by atoms with Crippen LogP contribution in [-0.4, -0.2) is 87.6 Å². The molecule has 2 aromatic rings. The molecule has 1 amide bonds. The lowest BCUT2D eigenvalue weighted by atomic mass is 9.99. The van der Waals surface area contributed by atoms with Crippen LogP contribution in [0.5, 0.6) is 0 Å². The van der Waals surface area contributed by atoms with Crippen molar-refractivity contribution < 1.29 is 30.3 Å². The summed E-state index contributed by atoms with van der Waals surface area (Å²) >= 11 is 0. The van der Waals surface area contributed by atoms with Crippen LogP contribution in [0, 0.1) is 0 Å². The number of hydrogen-bond donors (Lipinski definition) is 7. The third kappa shape index (κ3) is 9.30. The minimum atomic E-state index is -1.71. The number of hydrazine groups is 1. The molecule has 0 aliphatic heterocycles. The van der Waals surface area contributed by atoms with Crippen molar-refractivity contribution in [2.75, 3.05) is 26.7 Å². The molecule has 0 saturated heterocycles. The van der Waals surface area contributed by atoms with E-state index in [1.54, 1.807) is 0 Å². The van der Waals surface area contributed by atoms with Crippen LogP contribution in [0.1, 0.15) is 30.4 Å². The molecule has 0 fully saturated rings. The summed E-state index contributed by atoms with van der Waals surface area (Å²) in [4.78, 5) is 12.4. The Labute approximate surface area is 206 Å². The lowest BCUT2D eigenvalue weighted by Crippen LogP contribution is -2.51. The molecule has 4 atom stereocenters. The number of aliphatic hydroxyl groups excluding tert-OH is 5. The van der Waals surface area contributed by atoms with E-state index in [-0.39, 0.29) is 18.9 Å². The molecular formula is C26H39N3O6. The lowest BCUT2D eigenvalue weighted by Gasteiger charge is -2.27. The standard InChI is InChI=1S/C26H39N3O6/c1-29(28-16-22(31)25(34)26(35)23(32)17-30)24(33)14-9-19-7-12-21(13-8-19)20-10-5-18(6-11-20)4-2-3-15-27/h5-8,10-13,22-23,25-26,28,30-32,34-35H,2-4,9,14-17,27H2,1H3/t22-,23+,25+,26+/m0/s1. The molecular weight excluding hydrogens is 450 g/mol. The summed E-state index contributed by atoms with van der Waals surface area (Å²) in [6.07, 6.45) is -2.48. The van der Waals surface area contributed by atoms with Crippen molar-refractivity contribution in [3.05, 3.63) is 59.7 Å². The van der Waals surface area contributed by atoms with Gasteiger partial charge in [-0.3, -0.25) is 9.80 Å². The zero-order valence-corrected chi connectivity index (χ0v) is 20.3. The van der Waals surface area contributed by atoms with Gasteiger partial charge in [-0.25, -0.2) is 5.43 Å². The van der Waals surface area contributed by atoms with Crippen LogP contribution in [0.15, 0.2) is 48.5 Å². The Kier molecular flexibility index (Phi) is 12.3. The summed E-state index contributed by atoms with van der Waals surface area (Å²) in [7, 11) is 1.50. The molecule has 0 spiro atoms. The number of carbonyl (C=O) groups is 1. The van der Waals surface area contributed by atoms with E-state index in [0.717, 1.165) is 42.5 Å². The van der Waals surface area contributed by atoms with E-state index in [9.17, 15) is 25.2 Å². The van der Waals surface area contributed by atoms with Gasteiger partial charge in [-0.1, -0.05) is 48.5 Å². The Morgan fingerprint density at radius 3 is 1.89 bits per heavy atom. The monoisotopic (exact) mass is 489 g/mol. The lowest BCUT2D eigenvalue weighted by molar-refractivity contribution is -0.135. The first-order valence-corrected chi connectivity index (χ1v) is 12.0. The first-order chi connectivity index (χ1) is 16.8. The van der Waals surface area contributed by atoms with E-state index in [1.807, 2.05) is 24.3 Å². The molecule has 8 N–H and O–H groups in total. The van der Waals surface area contributed by atoms with Crippen molar-refractivity contribution in [2.24, 2.45) is 5.73 Å². The third-order valence-electron chi connectivity index (χ3n) is 6.03. The van der Waals surface area contributed by atoms with Crippen LogP contribution in [0.2, 0.25) is 0 Å². The number of aryl methyl sites for hydroxylation is 2. The summed E-state index contributed by atoms with van der Waals surface area (Å²) in [6, 6.07) is 16.6. The summed E-state index contributed by atoms with van der Waals surface area (Å²) < 4.78 is 0. The number of benzene rings is 2. The van der Waals surface area contributed by atoms with E-state index in [0.29, 0.717) is 6.42 Å². The van der Waals surface area contributed by atoms with Crippen molar-refractivity contribution in [3.63, 3.8) is 0 Å². The average molecular weight is 490 g/mol. The van der Waals surface area contributed by atoms with Crippen molar-refractivity contribution in [3.8, 4) is 11.1 Å². The van der Waals surface area contributed by atoms with Crippen molar-refractivity contribution in [1.82, 2.24) is 10.4 Å². The fourth-order valence-electron chi connectivity index (χ4n) is 3.62. The van der Waals surface area contributed by atoms with Crippen LogP contribution in [-0.2, 0) is 17.6 Å². The third-order valence-corrected chi connectivity index (χ3v) is 6.03. The first-order valence-electron chi connectivity index (χ1n) is 12.0. The highest BCUT2D eigenvalue weighted by Gasteiger charge is 2.30. The molecule has 0 saturated carbocycles. The van der Waals surface area contributed by atoms with Crippen LogP contribution >= 0.6 is 0 Å². The predicted octanol–water partition coefficient (Wildman–Crippen LogP) is -0.0335. The maximum absolute atomic E-state index is 12.4. The molecule has 0 unspecified atom stereocenters. The van der Waals surface area contributed by atoms with Gasteiger partial charge in [-0.2, -0.15) is 0 Å². The molecule has 9 heteroatoms. The van der Waals surface area contributed by atoms with Gasteiger partial charge in [0.1, 0.15) is 18.3 Å². The number of aliphatic hydroxyl groups is 5. The van der Waals surface area contributed by atoms with Gasteiger partial charge < -0.3 is 31.3 Å². The Morgan fingerprint density at radius 1 is 0.857 bits per heavy atom. The summed E-state index contributed by atoms with van der Waals surface area (Å²) in [5, 5.41) is 48.8. The molecule has 194 valence electrons. The number of nitrogens with two attached hydrogens (primary N) is 1. The molecule has 35 heavy (non-hydrogen) atoms. The van der Waals surface area contributed by atoms with Crippen molar-refractivity contribution in [1.29, 1.82) is 0 Å². The fourth-order valence-corrected chi connectivity index (χ4v) is 3.62. The summed E-state index contributed by atoms with van der Waals surface area (Å²) in [5.74, 6) is -0.211. The van der Waals surface area contributed by atoms with E-state index in [1.165, 1.54) is 17.6 Å². The maximum Gasteiger partial charge on any atom is 0.236 e. The first kappa shape index (κ1) is 28.9. The molecule has 2 rings (SSSR count). The second-order valence-electron chi connectivity index (χ2n) is 8.75. The van der Waals surface area contributed by atoms with Gasteiger partial charge in [-0.15, -0.1) is 0 Å². The molecule has 0 bridgehead atoms. The van der Waals surface area contributed by atoms with E-state index in [2.05, 4.69) is 29.7 Å². The van der Waals surface area contributed by atoms with Crippen LogP contribution in [0.3, 0.4) is 0 Å². The van der Waals surface area contributed by atoms with Crippen LogP contribution in [0.25, 0.3) is 11.1 Å². The summed E-state index contributed by atoms with van der Waals surface area (Å²) in [6.45, 7) is -0.252. The molecule has 0 heterocycles. The Balaban J connectivity index is 1.79. The van der Waals surface area contributed by atoms with E-state index < -0.39 is 31.0 Å². The van der Waals surface area contributed by atoms with Gasteiger partial charge in [0.25, 0.3) is 0 Å². The van der Waals surface area contributed by atoms with Crippen molar-refractivity contribution >= 4 is 5.91 Å². The van der Waals surface area contributed by atoms with E-state index >= 15 is 0 Å². The minimum Gasteiger partial charge on any atom is -0.394 e. The number of carbonyl (C=O) groups excluding carboxylic acids is 1. The normalized spacial score (nSPS) is 14.8. The Bertz CT molecular complexity index is 878. The van der Waals surface area contributed by atoms with Crippen LogP contribution < -0.4 is 11.2 Å².